The van der Waals surface area contributed by atoms with Gasteiger partial charge in [-0.1, -0.05) is 28.1 Å². The van der Waals surface area contributed by atoms with E-state index in [1.807, 2.05) is 36.4 Å². The van der Waals surface area contributed by atoms with Crippen LogP contribution in [-0.4, -0.2) is 12.9 Å². The molecule has 0 aliphatic carbocycles. The van der Waals surface area contributed by atoms with Crippen LogP contribution in [0.3, 0.4) is 0 Å². The first-order chi connectivity index (χ1) is 9.67. The predicted octanol–water partition coefficient (Wildman–Crippen LogP) is 4.16. The average molecular weight is 333 g/mol. The number of halogens is 1. The smallest absolute Gasteiger partial charge is 0.170 e. The van der Waals surface area contributed by atoms with E-state index in [1.54, 1.807) is 13.2 Å². The van der Waals surface area contributed by atoms with Gasteiger partial charge in [0.05, 0.1) is 19.1 Å². The lowest BCUT2D eigenvalue weighted by Gasteiger charge is -2.25. The molecule has 1 heterocycles. The van der Waals surface area contributed by atoms with E-state index in [-0.39, 0.29) is 11.9 Å². The van der Waals surface area contributed by atoms with Crippen LogP contribution in [0.15, 0.2) is 46.9 Å². The normalized spacial score (nSPS) is 17.3. The maximum absolute atomic E-state index is 12.2. The molecule has 3 nitrogen and oxygen atoms in total. The Morgan fingerprint density at radius 1 is 1.25 bits per heavy atom. The van der Waals surface area contributed by atoms with Crippen molar-refractivity contribution in [2.45, 2.75) is 12.5 Å². The Balaban J connectivity index is 1.94. The van der Waals surface area contributed by atoms with Gasteiger partial charge in [0.1, 0.15) is 17.6 Å². The van der Waals surface area contributed by atoms with Crippen LogP contribution in [0.4, 0.5) is 0 Å². The molecular formula is C16H13BrO3. The number of carbonyl (C=O) groups is 1. The van der Waals surface area contributed by atoms with Gasteiger partial charge in [0.2, 0.25) is 0 Å². The van der Waals surface area contributed by atoms with Gasteiger partial charge in [-0.05, 0) is 35.9 Å². The maximum atomic E-state index is 12.2. The van der Waals surface area contributed by atoms with E-state index in [9.17, 15) is 4.79 Å². The topological polar surface area (TPSA) is 35.5 Å². The van der Waals surface area contributed by atoms with Crippen molar-refractivity contribution >= 4 is 21.7 Å². The first-order valence-electron chi connectivity index (χ1n) is 6.31. The summed E-state index contributed by atoms with van der Waals surface area (Å²) < 4.78 is 12.0. The molecule has 1 aliphatic heterocycles. The van der Waals surface area contributed by atoms with E-state index in [1.165, 1.54) is 0 Å². The highest BCUT2D eigenvalue weighted by molar-refractivity contribution is 9.10. The molecular weight excluding hydrogens is 320 g/mol. The summed E-state index contributed by atoms with van der Waals surface area (Å²) in [5.41, 5.74) is 1.59. The summed E-state index contributed by atoms with van der Waals surface area (Å²) in [7, 11) is 1.62. The van der Waals surface area contributed by atoms with Crippen molar-refractivity contribution in [3.8, 4) is 11.5 Å². The molecule has 0 amide bonds. The Hall–Kier alpha value is -1.81. The van der Waals surface area contributed by atoms with Crippen LogP contribution < -0.4 is 9.47 Å². The number of carbonyl (C=O) groups excluding carboxylic acids is 1. The molecule has 0 N–H and O–H groups in total. The average Bonchev–Trinajstić information content (AvgIpc) is 2.48. The number of Topliss-reactive ketones (excluding diaryl/α,β-unsaturated/α-hetero) is 1. The molecule has 0 radical (unpaired) electrons. The Labute approximate surface area is 125 Å². The van der Waals surface area contributed by atoms with Crippen LogP contribution in [0, 0.1) is 0 Å². The van der Waals surface area contributed by atoms with Crippen LogP contribution >= 0.6 is 15.9 Å². The van der Waals surface area contributed by atoms with Gasteiger partial charge in [-0.3, -0.25) is 4.79 Å². The molecule has 0 fully saturated rings. The highest BCUT2D eigenvalue weighted by atomic mass is 79.9. The second-order valence-electron chi connectivity index (χ2n) is 4.65. The van der Waals surface area contributed by atoms with Crippen molar-refractivity contribution in [2.75, 3.05) is 7.11 Å². The van der Waals surface area contributed by atoms with Crippen LogP contribution in [0.2, 0.25) is 0 Å². The van der Waals surface area contributed by atoms with E-state index in [2.05, 4.69) is 15.9 Å². The van der Waals surface area contributed by atoms with Gasteiger partial charge in [0.15, 0.2) is 5.78 Å². The number of ether oxygens (including phenoxy) is 2. The van der Waals surface area contributed by atoms with Gasteiger partial charge >= 0.3 is 0 Å². The number of benzene rings is 2. The van der Waals surface area contributed by atoms with Crippen LogP contribution in [0.1, 0.15) is 28.4 Å². The molecule has 1 atom stereocenters. The number of ketones is 1. The van der Waals surface area contributed by atoms with Gasteiger partial charge < -0.3 is 9.47 Å². The lowest BCUT2D eigenvalue weighted by atomic mass is 9.96. The summed E-state index contributed by atoms with van der Waals surface area (Å²) in [6, 6.07) is 13.1. The molecule has 0 saturated heterocycles. The van der Waals surface area contributed by atoms with Gasteiger partial charge in [-0.25, -0.2) is 0 Å². The van der Waals surface area contributed by atoms with Crippen molar-refractivity contribution in [1.29, 1.82) is 0 Å². The fraction of sp³-hybridized carbons (Fsp3) is 0.188. The van der Waals surface area contributed by atoms with E-state index in [0.29, 0.717) is 17.7 Å². The fourth-order valence-corrected chi connectivity index (χ4v) is 2.68. The highest BCUT2D eigenvalue weighted by Crippen LogP contribution is 2.36. The number of methoxy groups -OCH3 is 1. The Morgan fingerprint density at radius 2 is 2.10 bits per heavy atom. The molecule has 0 unspecified atom stereocenters. The molecule has 0 bridgehead atoms. The minimum absolute atomic E-state index is 0.0976. The van der Waals surface area contributed by atoms with E-state index >= 15 is 0 Å². The summed E-state index contributed by atoms with van der Waals surface area (Å²) in [6.07, 6.45) is 0.0858. The largest absolute Gasteiger partial charge is 0.497 e. The first-order valence-corrected chi connectivity index (χ1v) is 7.10. The minimum atomic E-state index is -0.258. The number of fused-ring (bicyclic) bond motifs is 1. The second-order valence-corrected chi connectivity index (χ2v) is 5.57. The van der Waals surface area contributed by atoms with Gasteiger partial charge in [-0.2, -0.15) is 0 Å². The Bertz CT molecular complexity index is 667. The van der Waals surface area contributed by atoms with Crippen molar-refractivity contribution < 1.29 is 14.3 Å². The van der Waals surface area contributed by atoms with Crippen molar-refractivity contribution in [2.24, 2.45) is 0 Å². The van der Waals surface area contributed by atoms with E-state index in [4.69, 9.17) is 9.47 Å². The standard InChI is InChI=1S/C16H13BrO3/c1-19-12-4-2-3-10(7-12)16-9-14(18)13-8-11(17)5-6-15(13)20-16/h2-8,16H,9H2,1H3/t16-/m1/s1. The van der Waals surface area contributed by atoms with Crippen molar-refractivity contribution in [1.82, 2.24) is 0 Å². The summed E-state index contributed by atoms with van der Waals surface area (Å²) in [5, 5.41) is 0. The number of rotatable bonds is 2. The highest BCUT2D eigenvalue weighted by Gasteiger charge is 2.27. The molecule has 1 aliphatic rings. The van der Waals surface area contributed by atoms with Gasteiger partial charge in [0, 0.05) is 4.47 Å². The van der Waals surface area contributed by atoms with E-state index in [0.717, 1.165) is 15.8 Å². The third kappa shape index (κ3) is 2.43. The lowest BCUT2D eigenvalue weighted by molar-refractivity contribution is 0.0849. The number of hydrogen-bond donors (Lipinski definition) is 0. The molecule has 3 rings (SSSR count). The molecule has 0 aromatic heterocycles. The van der Waals surface area contributed by atoms with Gasteiger partial charge in [-0.15, -0.1) is 0 Å². The van der Waals surface area contributed by atoms with Crippen LogP contribution in [0.25, 0.3) is 0 Å². The molecule has 20 heavy (non-hydrogen) atoms. The molecule has 0 saturated carbocycles. The third-order valence-corrected chi connectivity index (χ3v) is 3.84. The minimum Gasteiger partial charge on any atom is -0.497 e. The Morgan fingerprint density at radius 3 is 2.90 bits per heavy atom. The van der Waals surface area contributed by atoms with E-state index < -0.39 is 0 Å². The zero-order chi connectivity index (χ0) is 14.1. The third-order valence-electron chi connectivity index (χ3n) is 3.35. The lowest BCUT2D eigenvalue weighted by Crippen LogP contribution is -2.20. The second kappa shape index (κ2) is 5.29. The van der Waals surface area contributed by atoms with Crippen LogP contribution in [-0.2, 0) is 0 Å². The fourth-order valence-electron chi connectivity index (χ4n) is 2.32. The zero-order valence-electron chi connectivity index (χ0n) is 10.9. The van der Waals surface area contributed by atoms with Gasteiger partial charge in [0.25, 0.3) is 0 Å². The van der Waals surface area contributed by atoms with Crippen molar-refractivity contribution in [3.63, 3.8) is 0 Å². The maximum Gasteiger partial charge on any atom is 0.170 e. The SMILES string of the molecule is COc1cccc([C@H]2CC(=O)c3cc(Br)ccc3O2)c1. The summed E-state index contributed by atoms with van der Waals surface area (Å²) in [5.74, 6) is 1.50. The summed E-state index contributed by atoms with van der Waals surface area (Å²) in [6.45, 7) is 0. The molecule has 2 aromatic rings. The Kier molecular flexibility index (Phi) is 3.49. The first kappa shape index (κ1) is 13.2. The monoisotopic (exact) mass is 332 g/mol. The molecule has 0 spiro atoms. The predicted molar refractivity (Wildman–Crippen MR) is 79.5 cm³/mol. The molecule has 2 aromatic carbocycles. The van der Waals surface area contributed by atoms with Crippen molar-refractivity contribution in [3.05, 3.63) is 58.1 Å². The molecule has 4 heteroatoms. The quantitative estimate of drug-likeness (QED) is 0.828. The summed E-state index contributed by atoms with van der Waals surface area (Å²) >= 11 is 3.37. The molecule has 102 valence electrons. The summed E-state index contributed by atoms with van der Waals surface area (Å²) in [4.78, 5) is 12.2. The van der Waals surface area contributed by atoms with Crippen LogP contribution in [0.5, 0.6) is 11.5 Å². The number of hydrogen-bond acceptors (Lipinski definition) is 3. The zero-order valence-corrected chi connectivity index (χ0v) is 12.5.